The quantitative estimate of drug-likeness (QED) is 0.396. The Bertz CT molecular complexity index is 390. The summed E-state index contributed by atoms with van der Waals surface area (Å²) in [6, 6.07) is 0. The highest BCUT2D eigenvalue weighted by Crippen LogP contribution is 2.58. The molecule has 3 unspecified atom stereocenters. The molecule has 0 aromatic heterocycles. The summed E-state index contributed by atoms with van der Waals surface area (Å²) in [6.07, 6.45) is 6.07. The number of unbranched alkanes of at least 4 members (excludes halogenated alkanes) is 1. The first kappa shape index (κ1) is 20.4. The maximum atomic E-state index is 13.2. The van der Waals surface area contributed by atoms with Crippen LogP contribution in [0.2, 0.25) is 18.1 Å². The van der Waals surface area contributed by atoms with Gasteiger partial charge in [0.05, 0.1) is 6.61 Å². The monoisotopic (exact) mass is 348 g/mol. The molecule has 132 valence electrons. The Balaban J connectivity index is 2.69. The second kappa shape index (κ2) is 7.96. The lowest BCUT2D eigenvalue weighted by Crippen LogP contribution is -2.43. The minimum absolute atomic E-state index is 0.216. The van der Waals surface area contributed by atoms with Crippen molar-refractivity contribution in [1.82, 2.24) is 0 Å². The van der Waals surface area contributed by atoms with Gasteiger partial charge in [0.1, 0.15) is 0 Å². The SMILES string of the molecule is CCCCP(=O)(OCC)C1CCC(O[Si](C)(C)C(C)(C)C)C1. The number of rotatable bonds is 8. The van der Waals surface area contributed by atoms with E-state index in [1.54, 1.807) is 0 Å². The predicted molar refractivity (Wildman–Crippen MR) is 98.7 cm³/mol. The fraction of sp³-hybridized carbons (Fsp3) is 1.00. The maximum Gasteiger partial charge on any atom is 0.206 e. The van der Waals surface area contributed by atoms with Gasteiger partial charge in [-0.2, -0.15) is 0 Å². The van der Waals surface area contributed by atoms with Crippen LogP contribution in [0.25, 0.3) is 0 Å². The third-order valence-corrected chi connectivity index (χ3v) is 13.1. The lowest BCUT2D eigenvalue weighted by molar-refractivity contribution is 0.187. The molecular weight excluding hydrogens is 311 g/mol. The second-order valence-corrected chi connectivity index (χ2v) is 15.8. The smallest absolute Gasteiger partial charge is 0.206 e. The van der Waals surface area contributed by atoms with E-state index in [0.29, 0.717) is 6.61 Å². The van der Waals surface area contributed by atoms with Gasteiger partial charge in [-0.15, -0.1) is 0 Å². The molecule has 0 radical (unpaired) electrons. The molecular formula is C17H37O3PSi. The van der Waals surface area contributed by atoms with E-state index in [1.807, 2.05) is 6.92 Å². The van der Waals surface area contributed by atoms with E-state index >= 15 is 0 Å². The Kier molecular flexibility index (Phi) is 7.39. The van der Waals surface area contributed by atoms with Crippen LogP contribution < -0.4 is 0 Å². The summed E-state index contributed by atoms with van der Waals surface area (Å²) in [5.41, 5.74) is 0.216. The van der Waals surface area contributed by atoms with Crippen LogP contribution in [0.4, 0.5) is 0 Å². The van der Waals surface area contributed by atoms with E-state index in [9.17, 15) is 4.57 Å². The van der Waals surface area contributed by atoms with E-state index in [1.165, 1.54) is 0 Å². The zero-order valence-corrected chi connectivity index (χ0v) is 17.7. The van der Waals surface area contributed by atoms with E-state index in [-0.39, 0.29) is 16.8 Å². The highest BCUT2D eigenvalue weighted by molar-refractivity contribution is 7.59. The van der Waals surface area contributed by atoms with Crippen molar-refractivity contribution in [2.45, 2.75) is 96.6 Å². The second-order valence-electron chi connectivity index (χ2n) is 8.19. The summed E-state index contributed by atoms with van der Waals surface area (Å²) in [7, 11) is -4.22. The third-order valence-electron chi connectivity index (χ3n) is 5.35. The van der Waals surface area contributed by atoms with Crippen LogP contribution in [0.5, 0.6) is 0 Å². The lowest BCUT2D eigenvalue weighted by Gasteiger charge is -2.38. The summed E-state index contributed by atoms with van der Waals surface area (Å²) in [4.78, 5) is 0. The fourth-order valence-electron chi connectivity index (χ4n) is 2.92. The number of hydrogen-bond donors (Lipinski definition) is 0. The van der Waals surface area contributed by atoms with Crippen molar-refractivity contribution in [3.63, 3.8) is 0 Å². The van der Waals surface area contributed by atoms with Crippen molar-refractivity contribution in [2.24, 2.45) is 0 Å². The van der Waals surface area contributed by atoms with Crippen LogP contribution in [0.3, 0.4) is 0 Å². The van der Waals surface area contributed by atoms with Gasteiger partial charge >= 0.3 is 0 Å². The van der Waals surface area contributed by atoms with Gasteiger partial charge < -0.3 is 8.95 Å². The highest BCUT2D eigenvalue weighted by Gasteiger charge is 2.44. The van der Waals surface area contributed by atoms with Crippen LogP contribution in [-0.2, 0) is 13.5 Å². The lowest BCUT2D eigenvalue weighted by atomic mass is 10.2. The summed E-state index contributed by atoms with van der Waals surface area (Å²) < 4.78 is 25.5. The molecule has 22 heavy (non-hydrogen) atoms. The van der Waals surface area contributed by atoms with Crippen molar-refractivity contribution < 1.29 is 13.5 Å². The molecule has 5 heteroatoms. The Hall–Kier alpha value is 0.367. The van der Waals surface area contributed by atoms with Crippen molar-refractivity contribution in [3.05, 3.63) is 0 Å². The van der Waals surface area contributed by atoms with Gasteiger partial charge in [0.2, 0.25) is 7.37 Å². The Morgan fingerprint density at radius 3 is 2.32 bits per heavy atom. The van der Waals surface area contributed by atoms with Crippen molar-refractivity contribution in [3.8, 4) is 0 Å². The molecule has 0 aromatic rings. The van der Waals surface area contributed by atoms with E-state index < -0.39 is 15.7 Å². The van der Waals surface area contributed by atoms with Crippen LogP contribution in [0.1, 0.15) is 66.7 Å². The van der Waals surface area contributed by atoms with E-state index in [4.69, 9.17) is 8.95 Å². The molecule has 3 atom stereocenters. The minimum atomic E-state index is -2.49. The first-order chi connectivity index (χ1) is 10.1. The zero-order chi connectivity index (χ0) is 17.0. The van der Waals surface area contributed by atoms with Crippen LogP contribution in [0.15, 0.2) is 0 Å². The van der Waals surface area contributed by atoms with Gasteiger partial charge in [-0.1, -0.05) is 34.1 Å². The van der Waals surface area contributed by atoms with Crippen LogP contribution in [0, 0.1) is 0 Å². The van der Waals surface area contributed by atoms with Gasteiger partial charge in [0, 0.05) is 17.9 Å². The third kappa shape index (κ3) is 5.19. The zero-order valence-electron chi connectivity index (χ0n) is 15.8. The molecule has 0 spiro atoms. The topological polar surface area (TPSA) is 35.5 Å². The molecule has 0 heterocycles. The fourth-order valence-corrected chi connectivity index (χ4v) is 7.32. The van der Waals surface area contributed by atoms with E-state index in [2.05, 4.69) is 40.8 Å². The van der Waals surface area contributed by atoms with Crippen LogP contribution in [-0.4, -0.2) is 32.8 Å². The molecule has 1 rings (SSSR count). The van der Waals surface area contributed by atoms with Crippen molar-refractivity contribution in [2.75, 3.05) is 12.8 Å². The van der Waals surface area contributed by atoms with Gasteiger partial charge in [-0.3, -0.25) is 4.57 Å². The Morgan fingerprint density at radius 1 is 1.18 bits per heavy atom. The van der Waals surface area contributed by atoms with Crippen LogP contribution >= 0.6 is 7.37 Å². The molecule has 0 saturated heterocycles. The molecule has 3 nitrogen and oxygen atoms in total. The summed E-state index contributed by atoms with van der Waals surface area (Å²) >= 11 is 0. The molecule has 1 fully saturated rings. The molecule has 0 bridgehead atoms. The van der Waals surface area contributed by atoms with Gasteiger partial charge in [-0.05, 0) is 50.7 Å². The van der Waals surface area contributed by atoms with Gasteiger partial charge in [0.15, 0.2) is 8.32 Å². The Labute approximate surface area is 139 Å². The van der Waals surface area contributed by atoms with Crippen molar-refractivity contribution >= 4 is 15.7 Å². The van der Waals surface area contributed by atoms with Crippen molar-refractivity contribution in [1.29, 1.82) is 0 Å². The molecule has 0 aromatic carbocycles. The minimum Gasteiger partial charge on any atom is -0.414 e. The predicted octanol–water partition coefficient (Wildman–Crippen LogP) is 6.04. The maximum absolute atomic E-state index is 13.2. The number of hydrogen-bond acceptors (Lipinski definition) is 3. The highest BCUT2D eigenvalue weighted by atomic mass is 31.2. The first-order valence-corrected chi connectivity index (χ1v) is 13.8. The normalized spacial score (nSPS) is 26.1. The molecule has 1 aliphatic carbocycles. The summed E-state index contributed by atoms with van der Waals surface area (Å²) in [5.74, 6) is 0. The van der Waals surface area contributed by atoms with Gasteiger partial charge in [-0.25, -0.2) is 0 Å². The standard InChI is InChI=1S/C17H37O3PSi/c1-8-10-13-21(18,19-9-2)16-12-11-15(14-16)20-22(6,7)17(3,4)5/h15-16H,8-14H2,1-7H3. The summed E-state index contributed by atoms with van der Waals surface area (Å²) in [5, 5.41) is 0.233. The van der Waals surface area contributed by atoms with E-state index in [0.717, 1.165) is 38.3 Å². The largest absolute Gasteiger partial charge is 0.414 e. The molecule has 1 saturated carbocycles. The van der Waals surface area contributed by atoms with Gasteiger partial charge in [0.25, 0.3) is 0 Å². The average molecular weight is 349 g/mol. The molecule has 0 aliphatic heterocycles. The molecule has 1 aliphatic rings. The first-order valence-electron chi connectivity index (χ1n) is 8.97. The average Bonchev–Trinajstić information content (AvgIpc) is 2.84. The Morgan fingerprint density at radius 2 is 1.82 bits per heavy atom. The molecule has 0 N–H and O–H groups in total. The molecule has 0 amide bonds. The summed E-state index contributed by atoms with van der Waals surface area (Å²) in [6.45, 7) is 16.1.